The molecule has 1 fully saturated rings. The Labute approximate surface area is 230 Å². The number of aromatic hydroxyl groups is 1. The number of carbonyl (C=O) groups excluding carboxylic acids is 3. The highest BCUT2D eigenvalue weighted by molar-refractivity contribution is 6.24. The van der Waals surface area contributed by atoms with E-state index in [1.807, 2.05) is 12.2 Å². The van der Waals surface area contributed by atoms with Gasteiger partial charge in [-0.3, -0.25) is 24.2 Å². The number of likely N-dealkylation sites (tertiary alicyclic amines) is 1. The van der Waals surface area contributed by atoms with Crippen LogP contribution in [0.2, 0.25) is 0 Å². The van der Waals surface area contributed by atoms with Gasteiger partial charge in [0.1, 0.15) is 29.0 Å². The summed E-state index contributed by atoms with van der Waals surface area (Å²) in [7, 11) is 3.18. The second kappa shape index (κ2) is 10.1. The molecule has 1 amide bonds. The number of phenolic OH excluding ortho intramolecular Hbond substituents is 1. The number of Topliss-reactive ketones (excluding diaryl/α,β-unsaturated/α-hetero) is 2. The van der Waals surface area contributed by atoms with Gasteiger partial charge < -0.3 is 26.2 Å². The fourth-order valence-electron chi connectivity index (χ4n) is 6.84. The fourth-order valence-corrected chi connectivity index (χ4v) is 6.84. The zero-order valence-corrected chi connectivity index (χ0v) is 22.4. The van der Waals surface area contributed by atoms with Gasteiger partial charge in [0.2, 0.25) is 5.78 Å². The van der Waals surface area contributed by atoms with Crippen LogP contribution in [0.3, 0.4) is 0 Å². The van der Waals surface area contributed by atoms with E-state index < -0.39 is 64.2 Å². The number of nitrogens with zero attached hydrogens (tertiary/aromatic N) is 2. The summed E-state index contributed by atoms with van der Waals surface area (Å²) in [5.41, 5.74) is 2.91. The van der Waals surface area contributed by atoms with Crippen LogP contribution < -0.4 is 5.73 Å². The molecule has 10 nitrogen and oxygen atoms in total. The molecular formula is C29H34FN3O7. The van der Waals surface area contributed by atoms with Crippen molar-refractivity contribution in [2.45, 2.75) is 43.5 Å². The zero-order chi connectivity index (χ0) is 29.1. The van der Waals surface area contributed by atoms with Crippen molar-refractivity contribution in [3.05, 3.63) is 57.6 Å². The van der Waals surface area contributed by atoms with E-state index in [0.29, 0.717) is 43.6 Å². The number of ketones is 2. The molecule has 1 aliphatic heterocycles. The zero-order valence-electron chi connectivity index (χ0n) is 22.4. The quantitative estimate of drug-likeness (QED) is 0.339. The van der Waals surface area contributed by atoms with Gasteiger partial charge in [0, 0.05) is 31.1 Å². The Morgan fingerprint density at radius 1 is 1.20 bits per heavy atom. The number of piperidine rings is 1. The van der Waals surface area contributed by atoms with E-state index in [2.05, 4.69) is 4.90 Å². The molecule has 0 bridgehead atoms. The minimum absolute atomic E-state index is 0.0267. The van der Waals surface area contributed by atoms with Crippen LogP contribution >= 0.6 is 0 Å². The van der Waals surface area contributed by atoms with Crippen molar-refractivity contribution in [2.75, 3.05) is 33.7 Å². The smallest absolute Gasteiger partial charge is 0.255 e. The van der Waals surface area contributed by atoms with E-state index in [4.69, 9.17) is 5.73 Å². The van der Waals surface area contributed by atoms with Crippen LogP contribution in [-0.4, -0.2) is 99.2 Å². The number of allylic oxidation sites excluding steroid dienone is 1. The van der Waals surface area contributed by atoms with E-state index in [1.165, 1.54) is 11.0 Å². The van der Waals surface area contributed by atoms with Crippen LogP contribution in [-0.2, 0) is 16.0 Å². The molecule has 0 radical (unpaired) electrons. The number of hydrogen-bond acceptors (Lipinski definition) is 9. The lowest BCUT2D eigenvalue weighted by Gasteiger charge is -2.50. The minimum Gasteiger partial charge on any atom is -0.510 e. The van der Waals surface area contributed by atoms with E-state index in [9.17, 15) is 39.2 Å². The second-order valence-corrected chi connectivity index (χ2v) is 11.4. The molecule has 5 rings (SSSR count). The summed E-state index contributed by atoms with van der Waals surface area (Å²) >= 11 is 0. The van der Waals surface area contributed by atoms with E-state index in [1.54, 1.807) is 20.2 Å². The third-order valence-corrected chi connectivity index (χ3v) is 8.82. The molecule has 0 saturated carbocycles. The predicted molar refractivity (Wildman–Crippen MR) is 143 cm³/mol. The number of likely N-dealkylation sites (N-methyl/N-ethyl adjacent to an activating group) is 1. The van der Waals surface area contributed by atoms with Gasteiger partial charge in [0.05, 0.1) is 11.6 Å². The Balaban J connectivity index is 1.55. The normalized spacial score (nSPS) is 29.7. The predicted octanol–water partition coefficient (Wildman–Crippen LogP) is 1.57. The van der Waals surface area contributed by atoms with Gasteiger partial charge in [-0.2, -0.15) is 0 Å². The number of alkyl halides is 1. The molecule has 1 saturated heterocycles. The molecule has 6 N–H and O–H groups in total. The number of hydrogen-bond donors (Lipinski definition) is 5. The number of rotatable bonds is 5. The Bertz CT molecular complexity index is 1380. The van der Waals surface area contributed by atoms with Crippen LogP contribution in [0.5, 0.6) is 5.75 Å². The van der Waals surface area contributed by atoms with Gasteiger partial charge in [-0.25, -0.2) is 4.39 Å². The Morgan fingerprint density at radius 2 is 1.88 bits per heavy atom. The molecule has 1 heterocycles. The molecule has 214 valence electrons. The van der Waals surface area contributed by atoms with Crippen molar-refractivity contribution in [2.24, 2.45) is 17.6 Å². The summed E-state index contributed by atoms with van der Waals surface area (Å²) in [4.78, 5) is 42.9. The Kier molecular flexibility index (Phi) is 7.10. The number of carbonyl (C=O) groups is 3. The van der Waals surface area contributed by atoms with Gasteiger partial charge in [0.15, 0.2) is 11.4 Å². The summed E-state index contributed by atoms with van der Waals surface area (Å²) in [6, 6.07) is 2.03. The van der Waals surface area contributed by atoms with Gasteiger partial charge >= 0.3 is 0 Å². The number of primary amides is 1. The minimum atomic E-state index is -2.66. The van der Waals surface area contributed by atoms with Crippen molar-refractivity contribution >= 4 is 23.5 Å². The van der Waals surface area contributed by atoms with Crippen molar-refractivity contribution in [1.29, 1.82) is 0 Å². The highest BCUT2D eigenvalue weighted by Crippen LogP contribution is 2.52. The summed E-state index contributed by atoms with van der Waals surface area (Å²) in [5.74, 6) is -6.74. The molecule has 0 spiro atoms. The molecule has 11 heteroatoms. The molecule has 0 unspecified atom stereocenters. The number of aliphatic hydroxyl groups excluding tert-OH is 2. The lowest BCUT2D eigenvalue weighted by molar-refractivity contribution is -0.148. The lowest BCUT2D eigenvalue weighted by Crippen LogP contribution is -2.63. The maximum atomic E-state index is 13.8. The van der Waals surface area contributed by atoms with Crippen molar-refractivity contribution < 1.29 is 39.2 Å². The first-order valence-corrected chi connectivity index (χ1v) is 13.4. The third-order valence-electron chi connectivity index (χ3n) is 8.82. The largest absolute Gasteiger partial charge is 0.510 e. The van der Waals surface area contributed by atoms with Crippen LogP contribution in [0.1, 0.15) is 40.7 Å². The second-order valence-electron chi connectivity index (χ2n) is 11.4. The highest BCUT2D eigenvalue weighted by Gasteiger charge is 2.63. The molecular weight excluding hydrogens is 521 g/mol. The van der Waals surface area contributed by atoms with Crippen LogP contribution in [0.4, 0.5) is 4.39 Å². The number of nitrogens with two attached hydrogens (primary N) is 1. The van der Waals surface area contributed by atoms with Crippen molar-refractivity contribution in [3.63, 3.8) is 0 Å². The number of aliphatic hydroxyl groups is 3. The van der Waals surface area contributed by atoms with E-state index >= 15 is 0 Å². The number of benzene rings is 1. The first-order chi connectivity index (χ1) is 18.9. The average molecular weight is 556 g/mol. The highest BCUT2D eigenvalue weighted by atomic mass is 19.1. The average Bonchev–Trinajstić information content (AvgIpc) is 2.88. The maximum absolute atomic E-state index is 13.8. The summed E-state index contributed by atoms with van der Waals surface area (Å²) in [5, 5.41) is 44.6. The van der Waals surface area contributed by atoms with Gasteiger partial charge in [-0.1, -0.05) is 18.2 Å². The third kappa shape index (κ3) is 4.23. The van der Waals surface area contributed by atoms with Crippen LogP contribution in [0.25, 0.3) is 6.08 Å². The van der Waals surface area contributed by atoms with Gasteiger partial charge in [0.25, 0.3) is 5.91 Å². The van der Waals surface area contributed by atoms with Gasteiger partial charge in [-0.05, 0) is 62.9 Å². The summed E-state index contributed by atoms with van der Waals surface area (Å²) < 4.78 is 13.5. The Morgan fingerprint density at radius 3 is 2.50 bits per heavy atom. The SMILES string of the molecule is CN(C)[C@@H]1C(O)=C(C(N)=O)C(=O)[C@@]2(O)C(O)=C3C(=O)c4c(O)ccc(/C=C/CN5CCC(F)CC5)c4C[C@H]3C[C@@H]12. The number of amides is 1. The molecule has 40 heavy (non-hydrogen) atoms. The fraction of sp³-hybridized carbons (Fsp3) is 0.483. The van der Waals surface area contributed by atoms with Crippen molar-refractivity contribution in [1.82, 2.24) is 9.80 Å². The van der Waals surface area contributed by atoms with Crippen molar-refractivity contribution in [3.8, 4) is 5.75 Å². The first kappa shape index (κ1) is 28.0. The number of halogens is 1. The maximum Gasteiger partial charge on any atom is 0.255 e. The van der Waals surface area contributed by atoms with Crippen LogP contribution in [0, 0.1) is 11.8 Å². The summed E-state index contributed by atoms with van der Waals surface area (Å²) in [6.45, 7) is 1.91. The molecule has 1 aromatic rings. The topological polar surface area (TPSA) is 165 Å². The van der Waals surface area contributed by atoms with E-state index in [-0.39, 0.29) is 29.7 Å². The Hall–Kier alpha value is -3.54. The van der Waals surface area contributed by atoms with Crippen LogP contribution in [0.15, 0.2) is 40.9 Å². The molecule has 4 atom stereocenters. The first-order valence-electron chi connectivity index (χ1n) is 13.4. The summed E-state index contributed by atoms with van der Waals surface area (Å²) in [6.07, 6.45) is 4.24. The number of phenols is 1. The molecule has 0 aromatic heterocycles. The monoisotopic (exact) mass is 555 g/mol. The number of fused-ring (bicyclic) bond motifs is 3. The molecule has 3 aliphatic carbocycles. The van der Waals surface area contributed by atoms with E-state index in [0.717, 1.165) is 0 Å². The van der Waals surface area contributed by atoms with Gasteiger partial charge in [-0.15, -0.1) is 0 Å². The molecule has 4 aliphatic rings. The lowest BCUT2D eigenvalue weighted by atomic mass is 9.58. The standard InChI is InChI=1S/C29H34FN3O7/c1-32(2)23-18-13-15-12-17-14(4-3-9-33-10-7-16(30)8-11-33)5-6-19(34)21(17)24(35)20(15)26(37)29(18,40)27(38)22(25(23)36)28(31)39/h3-6,15-16,18,23,34,36-37,40H,7-13H2,1-2H3,(H2,31,39)/b4-3+/t15-,18-,23-,29-/m0/s1. The molecule has 1 aromatic carbocycles.